The molecule has 0 amide bonds. The zero-order valence-electron chi connectivity index (χ0n) is 11.9. The van der Waals surface area contributed by atoms with Gasteiger partial charge in [-0.15, -0.1) is 0 Å². The first kappa shape index (κ1) is 13.5. The van der Waals surface area contributed by atoms with E-state index in [2.05, 4.69) is 35.3 Å². The summed E-state index contributed by atoms with van der Waals surface area (Å²) in [5, 5.41) is 4.02. The second-order valence-corrected chi connectivity index (χ2v) is 5.10. The van der Waals surface area contributed by atoms with Gasteiger partial charge >= 0.3 is 0 Å². The zero-order chi connectivity index (χ0) is 14.7. The van der Waals surface area contributed by atoms with Crippen molar-refractivity contribution in [2.75, 3.05) is 0 Å². The van der Waals surface area contributed by atoms with E-state index in [1.807, 2.05) is 36.4 Å². The summed E-state index contributed by atoms with van der Waals surface area (Å²) in [6.45, 7) is 2.07. The molecule has 1 unspecified atom stereocenters. The lowest BCUT2D eigenvalue weighted by molar-refractivity contribution is 0.363. The van der Waals surface area contributed by atoms with Crippen molar-refractivity contribution in [3.63, 3.8) is 0 Å². The molecule has 0 radical (unpaired) electrons. The van der Waals surface area contributed by atoms with Gasteiger partial charge in [-0.3, -0.25) is 0 Å². The minimum absolute atomic E-state index is 0.384. The van der Waals surface area contributed by atoms with Gasteiger partial charge < -0.3 is 10.3 Å². The fourth-order valence-electron chi connectivity index (χ4n) is 2.27. The van der Waals surface area contributed by atoms with Gasteiger partial charge in [0.2, 0.25) is 5.89 Å². The smallest absolute Gasteiger partial charge is 0.248 e. The third kappa shape index (κ3) is 3.17. The molecule has 21 heavy (non-hydrogen) atoms. The van der Waals surface area contributed by atoms with Crippen LogP contribution in [0.5, 0.6) is 0 Å². The molecule has 3 rings (SSSR count). The first-order valence-electron chi connectivity index (χ1n) is 6.91. The monoisotopic (exact) mass is 279 g/mol. The second-order valence-electron chi connectivity index (χ2n) is 5.10. The molecule has 1 atom stereocenters. The molecule has 0 saturated heterocycles. The van der Waals surface area contributed by atoms with E-state index in [1.165, 1.54) is 5.56 Å². The third-order valence-corrected chi connectivity index (χ3v) is 3.35. The molecule has 0 bridgehead atoms. The van der Waals surface area contributed by atoms with E-state index < -0.39 is 0 Å². The number of nitrogens with zero attached hydrogens (tertiary/aromatic N) is 2. The maximum atomic E-state index is 6.15. The highest BCUT2D eigenvalue weighted by atomic mass is 16.5. The van der Waals surface area contributed by atoms with E-state index in [-0.39, 0.29) is 6.04 Å². The van der Waals surface area contributed by atoms with Crippen LogP contribution >= 0.6 is 0 Å². The number of rotatable bonds is 4. The summed E-state index contributed by atoms with van der Waals surface area (Å²) < 4.78 is 5.30. The van der Waals surface area contributed by atoms with Gasteiger partial charge in [-0.1, -0.05) is 65.3 Å². The Morgan fingerprint density at radius 2 is 1.90 bits per heavy atom. The predicted molar refractivity (Wildman–Crippen MR) is 80.8 cm³/mol. The Bertz CT molecular complexity index is 722. The topological polar surface area (TPSA) is 64.9 Å². The van der Waals surface area contributed by atoms with Crippen LogP contribution < -0.4 is 5.73 Å². The molecular weight excluding hydrogens is 262 g/mol. The number of aromatic nitrogens is 2. The molecule has 4 nitrogen and oxygen atoms in total. The molecule has 3 aromatic rings. The molecule has 0 saturated carbocycles. The Labute approximate surface area is 123 Å². The Morgan fingerprint density at radius 3 is 2.67 bits per heavy atom. The van der Waals surface area contributed by atoms with Crippen molar-refractivity contribution in [2.45, 2.75) is 19.4 Å². The summed E-state index contributed by atoms with van der Waals surface area (Å²) in [6, 6.07) is 17.6. The summed E-state index contributed by atoms with van der Waals surface area (Å²) >= 11 is 0. The largest absolute Gasteiger partial charge is 0.337 e. The number of aryl methyl sites for hydroxylation is 1. The molecule has 0 aliphatic heterocycles. The SMILES string of the molecule is Cc1cccc(Cc2noc(C(N)c3ccccc3)n2)c1. The zero-order valence-corrected chi connectivity index (χ0v) is 11.9. The highest BCUT2D eigenvalue weighted by Gasteiger charge is 2.16. The van der Waals surface area contributed by atoms with E-state index in [9.17, 15) is 0 Å². The minimum atomic E-state index is -0.384. The van der Waals surface area contributed by atoms with E-state index in [1.54, 1.807) is 0 Å². The van der Waals surface area contributed by atoms with Crippen LogP contribution in [0.25, 0.3) is 0 Å². The van der Waals surface area contributed by atoms with Crippen LogP contribution in [0.3, 0.4) is 0 Å². The molecule has 4 heteroatoms. The molecule has 1 heterocycles. The molecule has 1 aromatic heterocycles. The molecule has 0 aliphatic rings. The standard InChI is InChI=1S/C17H17N3O/c1-12-6-5-7-13(10-12)11-15-19-17(21-20-15)16(18)14-8-3-2-4-9-14/h2-10,16H,11,18H2,1H3. The first-order chi connectivity index (χ1) is 10.2. The van der Waals surface area contributed by atoms with E-state index >= 15 is 0 Å². The second kappa shape index (κ2) is 5.89. The first-order valence-corrected chi connectivity index (χ1v) is 6.91. The molecule has 0 aliphatic carbocycles. The van der Waals surface area contributed by atoms with Crippen molar-refractivity contribution >= 4 is 0 Å². The normalized spacial score (nSPS) is 12.3. The van der Waals surface area contributed by atoms with Crippen molar-refractivity contribution in [1.29, 1.82) is 0 Å². The Morgan fingerprint density at radius 1 is 1.10 bits per heavy atom. The highest BCUT2D eigenvalue weighted by Crippen LogP contribution is 2.18. The quantitative estimate of drug-likeness (QED) is 0.797. The fourth-order valence-corrected chi connectivity index (χ4v) is 2.27. The van der Waals surface area contributed by atoms with Crippen LogP contribution in [0.4, 0.5) is 0 Å². The van der Waals surface area contributed by atoms with E-state index in [0.717, 1.165) is 11.1 Å². The van der Waals surface area contributed by atoms with Crippen molar-refractivity contribution < 1.29 is 4.52 Å². The van der Waals surface area contributed by atoms with E-state index in [4.69, 9.17) is 10.3 Å². The van der Waals surface area contributed by atoms with Crippen LogP contribution in [0.15, 0.2) is 59.1 Å². The molecule has 2 aromatic carbocycles. The van der Waals surface area contributed by atoms with Gasteiger partial charge in [-0.05, 0) is 18.1 Å². The number of hydrogen-bond acceptors (Lipinski definition) is 4. The summed E-state index contributed by atoms with van der Waals surface area (Å²) in [7, 11) is 0. The van der Waals surface area contributed by atoms with Crippen LogP contribution in [0, 0.1) is 6.92 Å². The Balaban J connectivity index is 1.77. The molecular formula is C17H17N3O. The van der Waals surface area contributed by atoms with Gasteiger partial charge in [0.1, 0.15) is 6.04 Å². The number of hydrogen-bond donors (Lipinski definition) is 1. The maximum absolute atomic E-state index is 6.15. The van der Waals surface area contributed by atoms with Gasteiger partial charge in [0.05, 0.1) is 0 Å². The molecule has 2 N–H and O–H groups in total. The average molecular weight is 279 g/mol. The lowest BCUT2D eigenvalue weighted by Crippen LogP contribution is -2.12. The predicted octanol–water partition coefficient (Wildman–Crippen LogP) is 3.02. The lowest BCUT2D eigenvalue weighted by atomic mass is 10.1. The van der Waals surface area contributed by atoms with Crippen LogP contribution in [0.2, 0.25) is 0 Å². The fraction of sp³-hybridized carbons (Fsp3) is 0.176. The molecule has 0 fully saturated rings. The van der Waals surface area contributed by atoms with Gasteiger partial charge in [0.25, 0.3) is 0 Å². The maximum Gasteiger partial charge on any atom is 0.248 e. The summed E-state index contributed by atoms with van der Waals surface area (Å²) in [6.07, 6.45) is 0.646. The Hall–Kier alpha value is -2.46. The van der Waals surface area contributed by atoms with E-state index in [0.29, 0.717) is 18.1 Å². The number of nitrogens with two attached hydrogens (primary N) is 1. The van der Waals surface area contributed by atoms with Gasteiger partial charge in [0.15, 0.2) is 5.82 Å². The third-order valence-electron chi connectivity index (χ3n) is 3.35. The van der Waals surface area contributed by atoms with Crippen molar-refractivity contribution in [2.24, 2.45) is 5.73 Å². The minimum Gasteiger partial charge on any atom is -0.337 e. The highest BCUT2D eigenvalue weighted by molar-refractivity contribution is 5.26. The summed E-state index contributed by atoms with van der Waals surface area (Å²) in [5.74, 6) is 1.10. The van der Waals surface area contributed by atoms with Crippen LogP contribution in [0.1, 0.15) is 34.4 Å². The Kier molecular flexibility index (Phi) is 3.79. The lowest BCUT2D eigenvalue weighted by Gasteiger charge is -2.05. The summed E-state index contributed by atoms with van der Waals surface area (Å²) in [5.41, 5.74) is 9.49. The van der Waals surface area contributed by atoms with Crippen LogP contribution in [-0.4, -0.2) is 10.1 Å². The number of benzene rings is 2. The summed E-state index contributed by atoms with van der Waals surface area (Å²) in [4.78, 5) is 4.41. The van der Waals surface area contributed by atoms with Crippen molar-refractivity contribution in [3.8, 4) is 0 Å². The van der Waals surface area contributed by atoms with Gasteiger partial charge in [0, 0.05) is 6.42 Å². The molecule has 0 spiro atoms. The van der Waals surface area contributed by atoms with Gasteiger partial charge in [-0.2, -0.15) is 4.98 Å². The van der Waals surface area contributed by atoms with Crippen molar-refractivity contribution in [3.05, 3.63) is 83.0 Å². The average Bonchev–Trinajstić information content (AvgIpc) is 2.96. The van der Waals surface area contributed by atoms with Crippen LogP contribution in [-0.2, 0) is 6.42 Å². The van der Waals surface area contributed by atoms with Crippen molar-refractivity contribution in [1.82, 2.24) is 10.1 Å². The molecule has 106 valence electrons. The van der Waals surface area contributed by atoms with Gasteiger partial charge in [-0.25, -0.2) is 0 Å².